The van der Waals surface area contributed by atoms with E-state index in [-0.39, 0.29) is 27.9 Å². The Morgan fingerprint density at radius 3 is 2.59 bits per heavy atom. The van der Waals surface area contributed by atoms with Crippen LogP contribution in [0.2, 0.25) is 10.2 Å². The number of fused-ring (bicyclic) bond motifs is 1. The molecule has 0 spiro atoms. The summed E-state index contributed by atoms with van der Waals surface area (Å²) in [6, 6.07) is 8.73. The molecule has 1 aromatic carbocycles. The normalized spacial score (nSPS) is 10.7. The van der Waals surface area contributed by atoms with Crippen molar-refractivity contribution in [3.63, 3.8) is 0 Å². The summed E-state index contributed by atoms with van der Waals surface area (Å²) in [4.78, 5) is 32.8. The number of aromatic nitrogens is 2. The van der Waals surface area contributed by atoms with E-state index in [0.29, 0.717) is 16.8 Å². The van der Waals surface area contributed by atoms with Crippen LogP contribution in [-0.4, -0.2) is 29.0 Å². The zero-order chi connectivity index (χ0) is 19.6. The van der Waals surface area contributed by atoms with Gasteiger partial charge in [0.1, 0.15) is 11.8 Å². The Balaban J connectivity index is 1.94. The van der Waals surface area contributed by atoms with Crippen molar-refractivity contribution in [3.8, 4) is 0 Å². The molecule has 0 amide bonds. The minimum absolute atomic E-state index is 0.0908. The van der Waals surface area contributed by atoms with E-state index < -0.39 is 11.9 Å². The van der Waals surface area contributed by atoms with Gasteiger partial charge in [0.2, 0.25) is 0 Å². The number of para-hydroxylation sites is 1. The summed E-state index contributed by atoms with van der Waals surface area (Å²) in [5.74, 6) is -1.21. The van der Waals surface area contributed by atoms with Crippen LogP contribution in [0.15, 0.2) is 36.5 Å². The van der Waals surface area contributed by atoms with Crippen molar-refractivity contribution < 1.29 is 19.1 Å². The van der Waals surface area contributed by atoms with Crippen molar-refractivity contribution in [2.75, 3.05) is 7.11 Å². The van der Waals surface area contributed by atoms with Crippen molar-refractivity contribution in [2.24, 2.45) is 0 Å². The van der Waals surface area contributed by atoms with Crippen LogP contribution in [0.3, 0.4) is 0 Å². The molecule has 0 saturated carbocycles. The predicted octanol–water partition coefficient (Wildman–Crippen LogP) is 4.39. The minimum Gasteiger partial charge on any atom is -0.465 e. The second-order valence-corrected chi connectivity index (χ2v) is 6.41. The van der Waals surface area contributed by atoms with Crippen molar-refractivity contribution in [1.82, 2.24) is 9.97 Å². The number of rotatable bonds is 4. The van der Waals surface area contributed by atoms with Gasteiger partial charge in [-0.05, 0) is 24.6 Å². The molecule has 3 aromatic rings. The van der Waals surface area contributed by atoms with Gasteiger partial charge >= 0.3 is 11.9 Å². The van der Waals surface area contributed by atoms with Crippen LogP contribution in [0, 0.1) is 6.92 Å². The summed E-state index contributed by atoms with van der Waals surface area (Å²) < 4.78 is 10.2. The Morgan fingerprint density at radius 1 is 1.15 bits per heavy atom. The Kier molecular flexibility index (Phi) is 5.58. The molecular formula is C19H14Cl2N2O4. The van der Waals surface area contributed by atoms with E-state index in [1.165, 1.54) is 19.4 Å². The number of ether oxygens (including phenoxy) is 2. The van der Waals surface area contributed by atoms with Gasteiger partial charge in [0.15, 0.2) is 0 Å². The quantitative estimate of drug-likeness (QED) is 0.473. The number of halogens is 2. The molecule has 0 unspecified atom stereocenters. The van der Waals surface area contributed by atoms with Gasteiger partial charge in [0.05, 0.1) is 34.5 Å². The SMILES string of the molecule is COC(=O)c1c(COC(=O)c2cnc(Cl)c(Cl)c2)nc2ccccc2c1C. The van der Waals surface area contributed by atoms with E-state index in [9.17, 15) is 9.59 Å². The Labute approximate surface area is 165 Å². The fourth-order valence-corrected chi connectivity index (χ4v) is 2.94. The van der Waals surface area contributed by atoms with Gasteiger partial charge in [0, 0.05) is 11.6 Å². The molecule has 27 heavy (non-hydrogen) atoms. The number of aryl methyl sites for hydroxylation is 1. The van der Waals surface area contributed by atoms with Crippen LogP contribution in [0.4, 0.5) is 0 Å². The molecule has 2 heterocycles. The number of hydrogen-bond donors (Lipinski definition) is 0. The molecule has 2 aromatic heterocycles. The van der Waals surface area contributed by atoms with Gasteiger partial charge in [-0.25, -0.2) is 19.6 Å². The van der Waals surface area contributed by atoms with E-state index in [1.54, 1.807) is 6.92 Å². The van der Waals surface area contributed by atoms with Crippen LogP contribution in [-0.2, 0) is 16.1 Å². The molecular weight excluding hydrogens is 391 g/mol. The monoisotopic (exact) mass is 404 g/mol. The maximum Gasteiger partial charge on any atom is 0.340 e. The Bertz CT molecular complexity index is 1050. The first-order valence-corrected chi connectivity index (χ1v) is 8.62. The van der Waals surface area contributed by atoms with Crippen LogP contribution in [0.5, 0.6) is 0 Å². The lowest BCUT2D eigenvalue weighted by atomic mass is 10.0. The summed E-state index contributed by atoms with van der Waals surface area (Å²) in [7, 11) is 1.29. The summed E-state index contributed by atoms with van der Waals surface area (Å²) in [5, 5.41) is 1.05. The average molecular weight is 405 g/mol. The third-order valence-corrected chi connectivity index (χ3v) is 4.67. The van der Waals surface area contributed by atoms with Crippen molar-refractivity contribution in [1.29, 1.82) is 0 Å². The highest BCUT2D eigenvalue weighted by Gasteiger charge is 2.21. The number of carbonyl (C=O) groups excluding carboxylic acids is 2. The highest BCUT2D eigenvalue weighted by molar-refractivity contribution is 6.41. The van der Waals surface area contributed by atoms with E-state index in [0.717, 1.165) is 5.39 Å². The lowest BCUT2D eigenvalue weighted by molar-refractivity contribution is 0.0455. The maximum atomic E-state index is 12.3. The van der Waals surface area contributed by atoms with E-state index in [4.69, 9.17) is 32.7 Å². The summed E-state index contributed by atoms with van der Waals surface area (Å²) in [6.07, 6.45) is 1.26. The molecule has 0 N–H and O–H groups in total. The molecule has 0 bridgehead atoms. The summed E-state index contributed by atoms with van der Waals surface area (Å²) in [6.45, 7) is 1.58. The standard InChI is InChI=1S/C19H14Cl2N2O4/c1-10-12-5-3-4-6-14(12)23-15(16(10)19(25)26-2)9-27-18(24)11-7-13(20)17(21)22-8-11/h3-8H,9H2,1-2H3. The zero-order valence-electron chi connectivity index (χ0n) is 14.5. The van der Waals surface area contributed by atoms with Crippen LogP contribution < -0.4 is 0 Å². The average Bonchev–Trinajstić information content (AvgIpc) is 2.67. The maximum absolute atomic E-state index is 12.3. The lowest BCUT2D eigenvalue weighted by Gasteiger charge is -2.13. The second kappa shape index (κ2) is 7.90. The zero-order valence-corrected chi connectivity index (χ0v) is 16.0. The molecule has 0 saturated heterocycles. The molecule has 138 valence electrons. The first-order chi connectivity index (χ1) is 12.9. The van der Waals surface area contributed by atoms with Gasteiger partial charge < -0.3 is 9.47 Å². The number of hydrogen-bond acceptors (Lipinski definition) is 6. The van der Waals surface area contributed by atoms with Crippen LogP contribution in [0.1, 0.15) is 32.0 Å². The molecule has 6 nitrogen and oxygen atoms in total. The largest absolute Gasteiger partial charge is 0.465 e. The topological polar surface area (TPSA) is 78.4 Å². The third-order valence-electron chi connectivity index (χ3n) is 3.99. The number of benzene rings is 1. The summed E-state index contributed by atoms with van der Waals surface area (Å²) in [5.41, 5.74) is 2.11. The first kappa shape index (κ1) is 19.1. The number of carbonyl (C=O) groups is 2. The van der Waals surface area contributed by atoms with Crippen molar-refractivity contribution in [3.05, 3.63) is 69.1 Å². The summed E-state index contributed by atoms with van der Waals surface area (Å²) >= 11 is 11.6. The lowest BCUT2D eigenvalue weighted by Crippen LogP contribution is -2.14. The third kappa shape index (κ3) is 3.86. The molecule has 0 aliphatic carbocycles. The van der Waals surface area contributed by atoms with E-state index in [1.807, 2.05) is 24.3 Å². The molecule has 0 aliphatic heterocycles. The van der Waals surface area contributed by atoms with Crippen LogP contribution >= 0.6 is 23.2 Å². The van der Waals surface area contributed by atoms with Gasteiger partial charge in [-0.2, -0.15) is 0 Å². The number of nitrogens with zero attached hydrogens (tertiary/aromatic N) is 2. The fraction of sp³-hybridized carbons (Fsp3) is 0.158. The van der Waals surface area contributed by atoms with Gasteiger partial charge in [-0.15, -0.1) is 0 Å². The number of pyridine rings is 2. The Hall–Kier alpha value is -2.70. The first-order valence-electron chi connectivity index (χ1n) is 7.87. The fourth-order valence-electron chi connectivity index (χ4n) is 2.67. The van der Waals surface area contributed by atoms with Crippen molar-refractivity contribution in [2.45, 2.75) is 13.5 Å². The molecule has 8 heteroatoms. The van der Waals surface area contributed by atoms with Gasteiger partial charge in [-0.3, -0.25) is 0 Å². The predicted molar refractivity (Wildman–Crippen MR) is 101 cm³/mol. The highest BCUT2D eigenvalue weighted by Crippen LogP contribution is 2.25. The molecule has 0 fully saturated rings. The molecule has 0 radical (unpaired) electrons. The highest BCUT2D eigenvalue weighted by atomic mass is 35.5. The molecule has 0 aliphatic rings. The Morgan fingerprint density at radius 2 is 1.89 bits per heavy atom. The van der Waals surface area contributed by atoms with Crippen molar-refractivity contribution >= 4 is 46.0 Å². The smallest absolute Gasteiger partial charge is 0.340 e. The molecule has 3 rings (SSSR count). The van der Waals surface area contributed by atoms with E-state index in [2.05, 4.69) is 9.97 Å². The van der Waals surface area contributed by atoms with Crippen LogP contribution in [0.25, 0.3) is 10.9 Å². The second-order valence-electron chi connectivity index (χ2n) is 5.64. The van der Waals surface area contributed by atoms with Gasteiger partial charge in [-0.1, -0.05) is 41.4 Å². The number of methoxy groups -OCH3 is 1. The molecule has 0 atom stereocenters. The van der Waals surface area contributed by atoms with E-state index >= 15 is 0 Å². The van der Waals surface area contributed by atoms with Gasteiger partial charge in [0.25, 0.3) is 0 Å². The minimum atomic E-state index is -0.663. The number of esters is 2.